The highest BCUT2D eigenvalue weighted by molar-refractivity contribution is 5.87. The summed E-state index contributed by atoms with van der Waals surface area (Å²) in [6.07, 6.45) is 5.93. The second-order valence-corrected chi connectivity index (χ2v) is 8.22. The summed E-state index contributed by atoms with van der Waals surface area (Å²) in [7, 11) is 1.65. The third-order valence-corrected chi connectivity index (χ3v) is 6.29. The SMILES string of the molecule is COc1ccc2[nH]c3c(c2c1)CCCC3NC(=O)Cn1ccc2c(nnc3ccnn32)c1=O. The van der Waals surface area contributed by atoms with Crippen LogP contribution in [-0.2, 0) is 17.8 Å². The maximum absolute atomic E-state index is 12.9. The summed E-state index contributed by atoms with van der Waals surface area (Å²) in [5.41, 5.74) is 4.16. The molecule has 0 fully saturated rings. The van der Waals surface area contributed by atoms with E-state index in [2.05, 4.69) is 25.6 Å². The highest BCUT2D eigenvalue weighted by atomic mass is 16.5. The fourth-order valence-electron chi connectivity index (χ4n) is 4.71. The molecule has 0 radical (unpaired) electrons. The number of hydrogen-bond acceptors (Lipinski definition) is 6. The van der Waals surface area contributed by atoms with Crippen molar-refractivity contribution >= 4 is 33.5 Å². The molecule has 1 amide bonds. The summed E-state index contributed by atoms with van der Waals surface area (Å²) in [5.74, 6) is 0.570. The Hall–Kier alpha value is -4.21. The van der Waals surface area contributed by atoms with Gasteiger partial charge in [-0.15, -0.1) is 10.2 Å². The van der Waals surface area contributed by atoms with Gasteiger partial charge in [0.05, 0.1) is 19.3 Å². The van der Waals surface area contributed by atoms with Crippen LogP contribution < -0.4 is 15.6 Å². The standard InChI is InChI=1S/C23H21N7O3/c1-33-13-5-6-16-15(11-13)14-3-2-4-17(21(14)26-16)25-20(31)12-29-10-8-18-22(23(29)32)28-27-19-7-9-24-30(18)19/h5-11,17,26H,2-4,12H2,1H3,(H,25,31). The third-order valence-electron chi connectivity index (χ3n) is 6.29. The maximum atomic E-state index is 12.9. The summed E-state index contributed by atoms with van der Waals surface area (Å²) in [6, 6.07) is 9.24. The Bertz CT molecular complexity index is 1600. The molecule has 0 aliphatic heterocycles. The minimum Gasteiger partial charge on any atom is -0.497 e. The Balaban J connectivity index is 1.28. The summed E-state index contributed by atoms with van der Waals surface area (Å²) in [6.45, 7) is -0.104. The summed E-state index contributed by atoms with van der Waals surface area (Å²) in [5, 5.41) is 16.5. The zero-order chi connectivity index (χ0) is 22.5. The van der Waals surface area contributed by atoms with Crippen LogP contribution in [-0.4, -0.2) is 42.4 Å². The van der Waals surface area contributed by atoms with E-state index < -0.39 is 0 Å². The number of fused-ring (bicyclic) bond motifs is 6. The number of nitrogens with one attached hydrogen (secondary N) is 2. The number of rotatable bonds is 4. The molecule has 1 aliphatic carbocycles. The van der Waals surface area contributed by atoms with Crippen LogP contribution in [0, 0.1) is 0 Å². The molecule has 0 spiro atoms. The van der Waals surface area contributed by atoms with Crippen molar-refractivity contribution in [1.29, 1.82) is 0 Å². The summed E-state index contributed by atoms with van der Waals surface area (Å²) >= 11 is 0. The number of amides is 1. The van der Waals surface area contributed by atoms with E-state index >= 15 is 0 Å². The Kier molecular flexibility index (Phi) is 4.39. The van der Waals surface area contributed by atoms with Crippen LogP contribution in [0.4, 0.5) is 0 Å². The molecule has 0 saturated heterocycles. The molecule has 4 aromatic heterocycles. The number of benzene rings is 1. The number of aromatic amines is 1. The highest BCUT2D eigenvalue weighted by Crippen LogP contribution is 2.36. The molecule has 1 unspecified atom stereocenters. The predicted octanol–water partition coefficient (Wildman–Crippen LogP) is 2.12. The second-order valence-electron chi connectivity index (χ2n) is 8.22. The number of carbonyl (C=O) groups is 1. The van der Waals surface area contributed by atoms with E-state index in [1.54, 1.807) is 36.2 Å². The maximum Gasteiger partial charge on any atom is 0.281 e. The van der Waals surface area contributed by atoms with Gasteiger partial charge in [0.2, 0.25) is 5.91 Å². The van der Waals surface area contributed by atoms with Gasteiger partial charge in [0.15, 0.2) is 11.2 Å². The van der Waals surface area contributed by atoms with Gasteiger partial charge in [0, 0.05) is 28.9 Å². The van der Waals surface area contributed by atoms with E-state index in [1.807, 2.05) is 18.2 Å². The van der Waals surface area contributed by atoms with Gasteiger partial charge in [-0.3, -0.25) is 9.59 Å². The van der Waals surface area contributed by atoms with Crippen LogP contribution in [0.25, 0.3) is 27.6 Å². The first-order chi connectivity index (χ1) is 16.1. The van der Waals surface area contributed by atoms with Gasteiger partial charge in [-0.2, -0.15) is 5.10 Å². The van der Waals surface area contributed by atoms with Gasteiger partial charge in [-0.25, -0.2) is 4.52 Å². The number of H-pyrrole nitrogens is 1. The molecule has 1 aromatic carbocycles. The molecule has 6 rings (SSSR count). The van der Waals surface area contributed by atoms with Crippen molar-refractivity contribution in [2.75, 3.05) is 7.11 Å². The molecular formula is C23H21N7O3. The number of methoxy groups -OCH3 is 1. The number of nitrogens with zero attached hydrogens (tertiary/aromatic N) is 5. The van der Waals surface area contributed by atoms with Crippen molar-refractivity contribution in [3.63, 3.8) is 0 Å². The van der Waals surface area contributed by atoms with Gasteiger partial charge in [-0.05, 0) is 49.1 Å². The molecular weight excluding hydrogens is 422 g/mol. The minimum atomic E-state index is -0.380. The molecule has 0 bridgehead atoms. The van der Waals surface area contributed by atoms with E-state index in [0.717, 1.165) is 41.6 Å². The Labute approximate surface area is 187 Å². The van der Waals surface area contributed by atoms with E-state index in [9.17, 15) is 9.59 Å². The van der Waals surface area contributed by atoms with Crippen LogP contribution >= 0.6 is 0 Å². The zero-order valence-corrected chi connectivity index (χ0v) is 17.9. The van der Waals surface area contributed by atoms with Gasteiger partial charge >= 0.3 is 0 Å². The average molecular weight is 443 g/mol. The van der Waals surface area contributed by atoms with E-state index in [-0.39, 0.29) is 29.6 Å². The first-order valence-electron chi connectivity index (χ1n) is 10.8. The molecule has 2 N–H and O–H groups in total. The van der Waals surface area contributed by atoms with Crippen LogP contribution in [0.15, 0.2) is 47.5 Å². The lowest BCUT2D eigenvalue weighted by Gasteiger charge is -2.24. The van der Waals surface area contributed by atoms with Gasteiger partial charge < -0.3 is 19.6 Å². The number of aryl methyl sites for hydroxylation is 1. The minimum absolute atomic E-state index is 0.104. The lowest BCUT2D eigenvalue weighted by Crippen LogP contribution is -2.36. The lowest BCUT2D eigenvalue weighted by atomic mass is 9.91. The fourth-order valence-corrected chi connectivity index (χ4v) is 4.71. The molecule has 5 aromatic rings. The van der Waals surface area contributed by atoms with Gasteiger partial charge in [0.1, 0.15) is 17.8 Å². The van der Waals surface area contributed by atoms with Crippen molar-refractivity contribution in [3.05, 3.63) is 64.3 Å². The third kappa shape index (κ3) is 3.13. The van der Waals surface area contributed by atoms with Gasteiger partial charge in [-0.1, -0.05) is 0 Å². The Morgan fingerprint density at radius 2 is 2.18 bits per heavy atom. The molecule has 166 valence electrons. The molecule has 4 heterocycles. The monoisotopic (exact) mass is 443 g/mol. The Morgan fingerprint density at radius 3 is 3.06 bits per heavy atom. The number of aromatic nitrogens is 6. The summed E-state index contributed by atoms with van der Waals surface area (Å²) in [4.78, 5) is 29.3. The first kappa shape index (κ1) is 19.5. The van der Waals surface area contributed by atoms with Crippen molar-refractivity contribution in [2.24, 2.45) is 0 Å². The van der Waals surface area contributed by atoms with Crippen molar-refractivity contribution in [2.45, 2.75) is 31.8 Å². The van der Waals surface area contributed by atoms with Crippen LogP contribution in [0.2, 0.25) is 0 Å². The lowest BCUT2D eigenvalue weighted by molar-refractivity contribution is -0.122. The van der Waals surface area contributed by atoms with Crippen molar-refractivity contribution in [1.82, 2.24) is 34.7 Å². The largest absolute Gasteiger partial charge is 0.497 e. The summed E-state index contributed by atoms with van der Waals surface area (Å²) < 4.78 is 8.28. The molecule has 10 heteroatoms. The number of pyridine rings is 1. The van der Waals surface area contributed by atoms with Crippen molar-refractivity contribution in [3.8, 4) is 5.75 Å². The molecule has 0 saturated carbocycles. The number of carbonyl (C=O) groups excluding carboxylic acids is 1. The quantitative estimate of drug-likeness (QED) is 0.439. The topological polar surface area (TPSA) is 119 Å². The molecule has 1 aliphatic rings. The zero-order valence-electron chi connectivity index (χ0n) is 17.9. The number of ether oxygens (including phenoxy) is 1. The van der Waals surface area contributed by atoms with Crippen LogP contribution in [0.1, 0.15) is 30.1 Å². The van der Waals surface area contributed by atoms with Gasteiger partial charge in [0.25, 0.3) is 5.56 Å². The average Bonchev–Trinajstić information content (AvgIpc) is 3.45. The molecule has 33 heavy (non-hydrogen) atoms. The fraction of sp³-hybridized carbons (Fsp3) is 0.261. The van der Waals surface area contributed by atoms with E-state index in [4.69, 9.17) is 4.74 Å². The Morgan fingerprint density at radius 1 is 1.27 bits per heavy atom. The van der Waals surface area contributed by atoms with Crippen LogP contribution in [0.3, 0.4) is 0 Å². The predicted molar refractivity (Wildman–Crippen MR) is 121 cm³/mol. The smallest absolute Gasteiger partial charge is 0.281 e. The van der Waals surface area contributed by atoms with E-state index in [1.165, 1.54) is 10.1 Å². The molecule has 10 nitrogen and oxygen atoms in total. The highest BCUT2D eigenvalue weighted by Gasteiger charge is 2.26. The van der Waals surface area contributed by atoms with Crippen LogP contribution in [0.5, 0.6) is 5.75 Å². The first-order valence-corrected chi connectivity index (χ1v) is 10.8. The molecule has 1 atom stereocenters. The van der Waals surface area contributed by atoms with E-state index in [0.29, 0.717) is 11.2 Å². The number of hydrogen-bond donors (Lipinski definition) is 2. The normalized spacial score (nSPS) is 15.7. The second kappa shape index (κ2) is 7.44. The van der Waals surface area contributed by atoms with Crippen molar-refractivity contribution < 1.29 is 9.53 Å².